The van der Waals surface area contributed by atoms with Crippen LogP contribution in [0.25, 0.3) is 10.4 Å². The number of hydrogen-bond donors (Lipinski definition) is 2. The molecule has 0 bridgehead atoms. The van der Waals surface area contributed by atoms with Crippen molar-refractivity contribution >= 4 is 11.7 Å². The number of anilines is 1. The number of benzene rings is 1. The zero-order valence-electron chi connectivity index (χ0n) is 14.0. The lowest BCUT2D eigenvalue weighted by atomic mass is 10.2. The first-order chi connectivity index (χ1) is 13.1. The van der Waals surface area contributed by atoms with E-state index in [2.05, 4.69) is 20.5 Å². The minimum absolute atomic E-state index is 0.101. The van der Waals surface area contributed by atoms with Crippen LogP contribution in [0.2, 0.25) is 0 Å². The van der Waals surface area contributed by atoms with Gasteiger partial charge in [-0.2, -0.15) is 4.98 Å². The van der Waals surface area contributed by atoms with Gasteiger partial charge >= 0.3 is 5.69 Å². The summed E-state index contributed by atoms with van der Waals surface area (Å²) in [4.78, 5) is 35.6. The van der Waals surface area contributed by atoms with Crippen molar-refractivity contribution in [2.45, 2.75) is 24.9 Å². The van der Waals surface area contributed by atoms with Gasteiger partial charge in [0.2, 0.25) is 0 Å². The largest absolute Gasteiger partial charge is 0.427 e. The maximum atomic E-state index is 12.3. The highest BCUT2D eigenvalue weighted by molar-refractivity contribution is 6.03. The first-order valence-corrected chi connectivity index (χ1v) is 8.04. The van der Waals surface area contributed by atoms with E-state index in [0.29, 0.717) is 5.56 Å². The number of aromatic nitrogens is 2. The summed E-state index contributed by atoms with van der Waals surface area (Å²) >= 11 is 0. The Labute approximate surface area is 152 Å². The average Bonchev–Trinajstić information content (AvgIpc) is 3.10. The molecule has 2 aromatic rings. The molecule has 1 saturated heterocycles. The summed E-state index contributed by atoms with van der Waals surface area (Å²) in [6.45, 7) is -0.366. The van der Waals surface area contributed by atoms with Gasteiger partial charge in [0.1, 0.15) is 29.5 Å². The molecule has 2 N–H and O–H groups in total. The summed E-state index contributed by atoms with van der Waals surface area (Å²) in [5.74, 6) is -0.288. The Balaban J connectivity index is 1.72. The molecular weight excluding hydrogens is 356 g/mol. The van der Waals surface area contributed by atoms with Gasteiger partial charge in [0.15, 0.2) is 0 Å². The maximum Gasteiger partial charge on any atom is 0.351 e. The van der Waals surface area contributed by atoms with Gasteiger partial charge in [0, 0.05) is 23.1 Å². The number of nitrogens with one attached hydrogen (secondary N) is 1. The van der Waals surface area contributed by atoms with Gasteiger partial charge in [0.05, 0.1) is 6.61 Å². The zero-order chi connectivity index (χ0) is 19.2. The van der Waals surface area contributed by atoms with Crippen molar-refractivity contribution in [3.63, 3.8) is 0 Å². The quantitative estimate of drug-likeness (QED) is 0.338. The fourth-order valence-corrected chi connectivity index (χ4v) is 2.71. The number of ether oxygens (including phenoxy) is 1. The molecule has 2 heterocycles. The Bertz CT molecular complexity index is 911. The van der Waals surface area contributed by atoms with E-state index in [9.17, 15) is 14.7 Å². The fraction of sp³-hybridized carbons (Fsp3) is 0.312. The highest BCUT2D eigenvalue weighted by atomic mass is 16.7. The zero-order valence-corrected chi connectivity index (χ0v) is 14.0. The number of hydrogen-bond acceptors (Lipinski definition) is 7. The summed E-state index contributed by atoms with van der Waals surface area (Å²) < 4.78 is 6.76. The van der Waals surface area contributed by atoms with E-state index in [4.69, 9.17) is 15.1 Å². The SMILES string of the molecule is [N-]=[N+]=NO[C@H]1C[C@H](n2ccc(NC(=O)c3ccccc3)nc2=O)O[C@@H]1CO. The van der Waals surface area contributed by atoms with Gasteiger partial charge in [-0.3, -0.25) is 9.36 Å². The molecule has 0 unspecified atom stereocenters. The van der Waals surface area contributed by atoms with Crippen molar-refractivity contribution in [3.8, 4) is 0 Å². The van der Waals surface area contributed by atoms with Crippen LogP contribution in [0.4, 0.5) is 5.82 Å². The van der Waals surface area contributed by atoms with E-state index >= 15 is 0 Å². The predicted octanol–water partition coefficient (Wildman–Crippen LogP) is 1.39. The van der Waals surface area contributed by atoms with E-state index < -0.39 is 24.1 Å². The Kier molecular flexibility index (Phi) is 5.67. The molecule has 11 heteroatoms. The topological polar surface area (TPSA) is 151 Å². The molecule has 140 valence electrons. The number of azide groups is 1. The summed E-state index contributed by atoms with van der Waals surface area (Å²) in [7, 11) is 0. The van der Waals surface area contributed by atoms with Crippen LogP contribution in [0.15, 0.2) is 52.7 Å². The monoisotopic (exact) mass is 372 g/mol. The van der Waals surface area contributed by atoms with Crippen LogP contribution in [0, 0.1) is 0 Å². The molecule has 1 fully saturated rings. The minimum atomic E-state index is -0.750. The van der Waals surface area contributed by atoms with Crippen molar-refractivity contribution in [1.29, 1.82) is 0 Å². The van der Waals surface area contributed by atoms with Crippen LogP contribution >= 0.6 is 0 Å². The van der Waals surface area contributed by atoms with Crippen LogP contribution in [-0.4, -0.2) is 39.4 Å². The van der Waals surface area contributed by atoms with Crippen LogP contribution in [0.1, 0.15) is 23.0 Å². The van der Waals surface area contributed by atoms with Gasteiger partial charge in [-0.15, -0.1) is 0 Å². The van der Waals surface area contributed by atoms with Crippen molar-refractivity contribution in [2.24, 2.45) is 5.28 Å². The third-order valence-corrected chi connectivity index (χ3v) is 4.00. The second-order valence-electron chi connectivity index (χ2n) is 5.69. The van der Waals surface area contributed by atoms with Gasteiger partial charge in [-0.25, -0.2) is 4.79 Å². The van der Waals surface area contributed by atoms with Crippen molar-refractivity contribution < 1.29 is 19.5 Å². The third kappa shape index (κ3) is 4.23. The van der Waals surface area contributed by atoms with Crippen LogP contribution < -0.4 is 11.0 Å². The lowest BCUT2D eigenvalue weighted by Gasteiger charge is -2.14. The van der Waals surface area contributed by atoms with Crippen molar-refractivity contribution in [1.82, 2.24) is 9.55 Å². The molecule has 1 aliphatic heterocycles. The number of aliphatic hydroxyl groups excluding tert-OH is 1. The Hall–Kier alpha value is -3.40. The summed E-state index contributed by atoms with van der Waals surface area (Å²) in [6.07, 6.45) is -0.586. The summed E-state index contributed by atoms with van der Waals surface area (Å²) in [5, 5.41) is 14.9. The molecule has 1 aliphatic rings. The van der Waals surface area contributed by atoms with Gasteiger partial charge < -0.3 is 20.0 Å². The van der Waals surface area contributed by atoms with E-state index in [1.807, 2.05) is 0 Å². The normalized spacial score (nSPS) is 21.3. The van der Waals surface area contributed by atoms with E-state index in [1.165, 1.54) is 16.8 Å². The van der Waals surface area contributed by atoms with Gasteiger partial charge in [-0.05, 0) is 23.7 Å². The number of aliphatic hydroxyl groups is 1. The molecule has 1 aromatic carbocycles. The molecule has 27 heavy (non-hydrogen) atoms. The second-order valence-corrected chi connectivity index (χ2v) is 5.69. The summed E-state index contributed by atoms with van der Waals surface area (Å²) in [5.41, 5.74) is 8.12. The lowest BCUT2D eigenvalue weighted by Crippen LogP contribution is -2.28. The molecule has 0 aliphatic carbocycles. The Morgan fingerprint density at radius 3 is 2.89 bits per heavy atom. The van der Waals surface area contributed by atoms with E-state index in [1.54, 1.807) is 30.3 Å². The van der Waals surface area contributed by atoms with Gasteiger partial charge in [0.25, 0.3) is 5.91 Å². The Morgan fingerprint density at radius 1 is 1.44 bits per heavy atom. The fourth-order valence-electron chi connectivity index (χ4n) is 2.71. The first kappa shape index (κ1) is 18.4. The number of carbonyl (C=O) groups excluding carboxylic acids is 1. The lowest BCUT2D eigenvalue weighted by molar-refractivity contribution is -0.0625. The van der Waals surface area contributed by atoms with Crippen molar-refractivity contribution in [2.75, 3.05) is 11.9 Å². The molecule has 3 rings (SSSR count). The highest BCUT2D eigenvalue weighted by Gasteiger charge is 2.37. The molecule has 1 aromatic heterocycles. The first-order valence-electron chi connectivity index (χ1n) is 8.04. The minimum Gasteiger partial charge on any atom is -0.427 e. The maximum absolute atomic E-state index is 12.3. The smallest absolute Gasteiger partial charge is 0.351 e. The molecule has 0 spiro atoms. The molecule has 0 saturated carbocycles. The average molecular weight is 372 g/mol. The molecule has 3 atom stereocenters. The molecule has 11 nitrogen and oxygen atoms in total. The molecule has 1 amide bonds. The predicted molar refractivity (Wildman–Crippen MR) is 92.5 cm³/mol. The van der Waals surface area contributed by atoms with Crippen LogP contribution in [0.5, 0.6) is 0 Å². The van der Waals surface area contributed by atoms with Crippen molar-refractivity contribution in [3.05, 3.63) is 69.1 Å². The highest BCUT2D eigenvalue weighted by Crippen LogP contribution is 2.29. The second kappa shape index (κ2) is 8.32. The number of nitrogens with zero attached hydrogens (tertiary/aromatic N) is 5. The van der Waals surface area contributed by atoms with E-state index in [-0.39, 0.29) is 24.8 Å². The van der Waals surface area contributed by atoms with Crippen LogP contribution in [0.3, 0.4) is 0 Å². The Morgan fingerprint density at radius 2 is 2.22 bits per heavy atom. The number of rotatable bonds is 6. The standard InChI is InChI=1S/C16H16N6O5/c17-20-21-27-11-8-14(26-12(11)9-23)22-7-6-13(19-16(22)25)18-15(24)10-4-2-1-3-5-10/h1-7,11-12,14,23H,8-9H2,(H,18,19,24,25)/t11-,12+,14+/m0/s1. The number of carbonyl (C=O) groups is 1. The van der Waals surface area contributed by atoms with Gasteiger partial charge in [-0.1, -0.05) is 18.2 Å². The molecular formula is C16H16N6O5. The third-order valence-electron chi connectivity index (χ3n) is 4.00. The van der Waals surface area contributed by atoms with E-state index in [0.717, 1.165) is 0 Å². The molecule has 0 radical (unpaired) electrons. The number of amides is 1. The summed E-state index contributed by atoms with van der Waals surface area (Å²) in [6, 6.07) is 9.98. The van der Waals surface area contributed by atoms with Crippen LogP contribution in [-0.2, 0) is 9.57 Å².